The molecule has 0 atom stereocenters. The van der Waals surface area contributed by atoms with Gasteiger partial charge in [0, 0.05) is 18.5 Å². The number of hydrogen-bond acceptors (Lipinski definition) is 5. The van der Waals surface area contributed by atoms with Crippen molar-refractivity contribution in [1.29, 1.82) is 0 Å². The minimum absolute atomic E-state index is 0.255. The number of alkyl halides is 3. The van der Waals surface area contributed by atoms with Crippen molar-refractivity contribution in [2.75, 3.05) is 25.1 Å². The van der Waals surface area contributed by atoms with Crippen LogP contribution in [0.3, 0.4) is 0 Å². The Morgan fingerprint density at radius 2 is 2.15 bits per heavy atom. The molecule has 1 aliphatic rings. The van der Waals surface area contributed by atoms with Gasteiger partial charge in [-0.15, -0.1) is 0 Å². The lowest BCUT2D eigenvalue weighted by molar-refractivity contribution is -0.177. The van der Waals surface area contributed by atoms with Crippen molar-refractivity contribution < 1.29 is 22.6 Å². The standard InChI is InChI=1S/C12H16F3N3O2/c1-2-16-11-8-5-19-4-3-9(8)17-10(18-11)6-20-7-12(13,14)15/h2-7H2,1H3,(H,16,17,18). The Bertz CT molecular complexity index is 466. The third-order valence-corrected chi connectivity index (χ3v) is 2.71. The van der Waals surface area contributed by atoms with E-state index >= 15 is 0 Å². The average Bonchev–Trinajstić information content (AvgIpc) is 2.37. The molecule has 1 aromatic rings. The van der Waals surface area contributed by atoms with Gasteiger partial charge in [0.25, 0.3) is 0 Å². The average molecular weight is 291 g/mol. The molecule has 0 radical (unpaired) electrons. The Kier molecular flexibility index (Phi) is 4.77. The maximum Gasteiger partial charge on any atom is 0.411 e. The minimum Gasteiger partial charge on any atom is -0.376 e. The van der Waals surface area contributed by atoms with Gasteiger partial charge in [-0.1, -0.05) is 0 Å². The maximum atomic E-state index is 12.0. The summed E-state index contributed by atoms with van der Waals surface area (Å²) in [6.45, 7) is 1.99. The summed E-state index contributed by atoms with van der Waals surface area (Å²) < 4.78 is 46.1. The summed E-state index contributed by atoms with van der Waals surface area (Å²) in [6.07, 6.45) is -3.71. The number of anilines is 1. The van der Waals surface area contributed by atoms with Crippen molar-refractivity contribution in [3.8, 4) is 0 Å². The van der Waals surface area contributed by atoms with E-state index < -0.39 is 12.8 Å². The molecule has 20 heavy (non-hydrogen) atoms. The first kappa shape index (κ1) is 15.0. The van der Waals surface area contributed by atoms with Gasteiger partial charge in [0.1, 0.15) is 19.0 Å². The van der Waals surface area contributed by atoms with Crippen LogP contribution in [0.25, 0.3) is 0 Å². The molecule has 0 bridgehead atoms. The number of nitrogens with one attached hydrogen (secondary N) is 1. The summed E-state index contributed by atoms with van der Waals surface area (Å²) in [7, 11) is 0. The minimum atomic E-state index is -4.34. The lowest BCUT2D eigenvalue weighted by Gasteiger charge is -2.20. The predicted molar refractivity (Wildman–Crippen MR) is 65.3 cm³/mol. The van der Waals surface area contributed by atoms with Gasteiger partial charge in [-0.2, -0.15) is 13.2 Å². The van der Waals surface area contributed by atoms with Gasteiger partial charge in [-0.3, -0.25) is 0 Å². The Morgan fingerprint density at radius 3 is 2.85 bits per heavy atom. The molecule has 2 rings (SSSR count). The molecule has 0 fully saturated rings. The third-order valence-electron chi connectivity index (χ3n) is 2.71. The summed E-state index contributed by atoms with van der Waals surface area (Å²) >= 11 is 0. The molecule has 0 unspecified atom stereocenters. The summed E-state index contributed by atoms with van der Waals surface area (Å²) in [5.41, 5.74) is 1.69. The molecule has 5 nitrogen and oxygen atoms in total. The van der Waals surface area contributed by atoms with Gasteiger partial charge in [0.2, 0.25) is 0 Å². The molecular formula is C12H16F3N3O2. The van der Waals surface area contributed by atoms with Crippen molar-refractivity contribution in [3.05, 3.63) is 17.1 Å². The molecule has 0 amide bonds. The molecule has 0 saturated carbocycles. The van der Waals surface area contributed by atoms with E-state index in [4.69, 9.17) is 4.74 Å². The number of hydrogen-bond donors (Lipinski definition) is 1. The SMILES string of the molecule is CCNc1nc(COCC(F)(F)F)nc2c1COCC2. The van der Waals surface area contributed by atoms with Gasteiger partial charge >= 0.3 is 6.18 Å². The molecule has 8 heteroatoms. The van der Waals surface area contributed by atoms with Crippen molar-refractivity contribution in [3.63, 3.8) is 0 Å². The molecule has 0 aliphatic carbocycles. The Balaban J connectivity index is 2.11. The lowest BCUT2D eigenvalue weighted by Crippen LogP contribution is -2.20. The van der Waals surface area contributed by atoms with Gasteiger partial charge < -0.3 is 14.8 Å². The van der Waals surface area contributed by atoms with E-state index in [0.717, 1.165) is 11.3 Å². The number of nitrogens with zero attached hydrogens (tertiary/aromatic N) is 2. The molecule has 112 valence electrons. The quantitative estimate of drug-likeness (QED) is 0.900. The number of aromatic nitrogens is 2. The predicted octanol–water partition coefficient (Wildman–Crippen LogP) is 2.06. The monoisotopic (exact) mass is 291 g/mol. The second-order valence-corrected chi connectivity index (χ2v) is 4.35. The van der Waals surface area contributed by atoms with Crippen LogP contribution in [0.15, 0.2) is 0 Å². The fraction of sp³-hybridized carbons (Fsp3) is 0.667. The second-order valence-electron chi connectivity index (χ2n) is 4.35. The fourth-order valence-electron chi connectivity index (χ4n) is 1.92. The van der Waals surface area contributed by atoms with Crippen LogP contribution in [-0.2, 0) is 29.1 Å². The van der Waals surface area contributed by atoms with Crippen molar-refractivity contribution in [1.82, 2.24) is 9.97 Å². The smallest absolute Gasteiger partial charge is 0.376 e. The summed E-state index contributed by atoms with van der Waals surface area (Å²) in [5, 5.41) is 3.07. The first-order chi connectivity index (χ1) is 9.49. The van der Waals surface area contributed by atoms with Crippen LogP contribution < -0.4 is 5.32 Å². The van der Waals surface area contributed by atoms with Crippen LogP contribution in [0.5, 0.6) is 0 Å². The zero-order valence-electron chi connectivity index (χ0n) is 11.1. The van der Waals surface area contributed by atoms with Crippen LogP contribution in [0, 0.1) is 0 Å². The molecule has 1 aromatic heterocycles. The summed E-state index contributed by atoms with van der Waals surface area (Å²) in [4.78, 5) is 8.45. The molecule has 0 saturated heterocycles. The van der Waals surface area contributed by atoms with Crippen molar-refractivity contribution in [2.24, 2.45) is 0 Å². The first-order valence-electron chi connectivity index (χ1n) is 6.34. The van der Waals surface area contributed by atoms with Crippen LogP contribution in [-0.4, -0.2) is 35.9 Å². The number of fused-ring (bicyclic) bond motifs is 1. The van der Waals surface area contributed by atoms with Gasteiger partial charge in [0.15, 0.2) is 5.82 Å². The van der Waals surface area contributed by atoms with Crippen LogP contribution in [0.1, 0.15) is 24.0 Å². The zero-order chi connectivity index (χ0) is 14.6. The maximum absolute atomic E-state index is 12.0. The highest BCUT2D eigenvalue weighted by atomic mass is 19.4. The molecule has 1 N–H and O–H groups in total. The third kappa shape index (κ3) is 4.04. The van der Waals surface area contributed by atoms with Gasteiger partial charge in [0.05, 0.1) is 18.9 Å². The first-order valence-corrected chi connectivity index (χ1v) is 6.34. The van der Waals surface area contributed by atoms with Crippen LogP contribution in [0.2, 0.25) is 0 Å². The van der Waals surface area contributed by atoms with E-state index in [9.17, 15) is 13.2 Å². The van der Waals surface area contributed by atoms with E-state index in [0.29, 0.717) is 32.0 Å². The van der Waals surface area contributed by atoms with Gasteiger partial charge in [-0.05, 0) is 6.92 Å². The molecule has 1 aliphatic heterocycles. The number of halogens is 3. The van der Waals surface area contributed by atoms with Gasteiger partial charge in [-0.25, -0.2) is 9.97 Å². The second kappa shape index (κ2) is 6.36. The Morgan fingerprint density at radius 1 is 1.35 bits per heavy atom. The van der Waals surface area contributed by atoms with E-state index in [1.54, 1.807) is 0 Å². The van der Waals surface area contributed by atoms with E-state index in [1.807, 2.05) is 6.92 Å². The van der Waals surface area contributed by atoms with Crippen molar-refractivity contribution in [2.45, 2.75) is 32.7 Å². The largest absolute Gasteiger partial charge is 0.411 e. The zero-order valence-corrected chi connectivity index (χ0v) is 11.1. The van der Waals surface area contributed by atoms with Crippen LogP contribution in [0.4, 0.5) is 19.0 Å². The molecular weight excluding hydrogens is 275 g/mol. The molecule has 0 spiro atoms. The van der Waals surface area contributed by atoms with Crippen molar-refractivity contribution >= 4 is 5.82 Å². The van der Waals surface area contributed by atoms with Crippen LogP contribution >= 0.6 is 0 Å². The normalized spacial score (nSPS) is 15.0. The summed E-state index contributed by atoms with van der Waals surface area (Å²) in [6, 6.07) is 0. The lowest BCUT2D eigenvalue weighted by atomic mass is 10.1. The Labute approximate surface area is 114 Å². The Hall–Kier alpha value is -1.41. The van der Waals surface area contributed by atoms with E-state index in [1.165, 1.54) is 0 Å². The highest BCUT2D eigenvalue weighted by molar-refractivity contribution is 5.47. The number of ether oxygens (including phenoxy) is 2. The number of rotatable bonds is 5. The summed E-state index contributed by atoms with van der Waals surface area (Å²) in [5.74, 6) is 0.869. The van der Waals surface area contributed by atoms with E-state index in [-0.39, 0.29) is 12.4 Å². The fourth-order valence-corrected chi connectivity index (χ4v) is 1.92. The van der Waals surface area contributed by atoms with E-state index in [2.05, 4.69) is 20.0 Å². The highest BCUT2D eigenvalue weighted by Gasteiger charge is 2.27. The molecule has 2 heterocycles. The molecule has 0 aromatic carbocycles. The highest BCUT2D eigenvalue weighted by Crippen LogP contribution is 2.22. The topological polar surface area (TPSA) is 56.3 Å².